The maximum absolute atomic E-state index is 12.7. The summed E-state index contributed by atoms with van der Waals surface area (Å²) in [4.78, 5) is 0. The fraction of sp³-hybridized carbons (Fsp3) is 0.333. The van der Waals surface area contributed by atoms with Gasteiger partial charge in [-0.15, -0.1) is 0 Å². The zero-order valence-corrected chi connectivity index (χ0v) is 13.4. The number of rotatable bonds is 2. The Balaban J connectivity index is 1.63. The Labute approximate surface area is 141 Å². The molecule has 2 N–H and O–H groups in total. The van der Waals surface area contributed by atoms with Crippen LogP contribution in [-0.2, 0) is 6.18 Å². The van der Waals surface area contributed by atoms with Crippen molar-refractivity contribution in [2.45, 2.75) is 19.0 Å². The van der Waals surface area contributed by atoms with E-state index >= 15 is 0 Å². The SMILES string of the molecule is FC(F)(F)c1ccc(Cl)c(NC(=S)N/N=C2/C[C@@H]3C=CC[C@@H]23)c1. The number of fused-ring (bicyclic) bond motifs is 1. The summed E-state index contributed by atoms with van der Waals surface area (Å²) in [5.41, 5.74) is 3.00. The Morgan fingerprint density at radius 1 is 1.35 bits per heavy atom. The molecule has 2 atom stereocenters. The van der Waals surface area contributed by atoms with Crippen LogP contribution in [0.5, 0.6) is 0 Å². The third-order valence-electron chi connectivity index (χ3n) is 4.01. The fourth-order valence-electron chi connectivity index (χ4n) is 2.73. The summed E-state index contributed by atoms with van der Waals surface area (Å²) in [6.45, 7) is 0. The van der Waals surface area contributed by atoms with E-state index in [4.69, 9.17) is 23.8 Å². The van der Waals surface area contributed by atoms with Gasteiger partial charge in [-0.05, 0) is 49.2 Å². The first-order chi connectivity index (χ1) is 10.8. The summed E-state index contributed by atoms with van der Waals surface area (Å²) >= 11 is 11.0. The number of nitrogens with zero attached hydrogens (tertiary/aromatic N) is 1. The van der Waals surface area contributed by atoms with Crippen molar-refractivity contribution in [2.75, 3.05) is 5.32 Å². The van der Waals surface area contributed by atoms with Crippen LogP contribution in [0.3, 0.4) is 0 Å². The molecule has 0 unspecified atom stereocenters. The van der Waals surface area contributed by atoms with Gasteiger partial charge in [0, 0.05) is 11.6 Å². The third-order valence-corrected chi connectivity index (χ3v) is 4.53. The lowest BCUT2D eigenvalue weighted by atomic mass is 9.74. The molecule has 23 heavy (non-hydrogen) atoms. The van der Waals surface area contributed by atoms with Gasteiger partial charge >= 0.3 is 6.18 Å². The van der Waals surface area contributed by atoms with Gasteiger partial charge in [0.25, 0.3) is 0 Å². The summed E-state index contributed by atoms with van der Waals surface area (Å²) in [5, 5.41) is 7.13. The monoisotopic (exact) mass is 359 g/mol. The molecule has 8 heteroatoms. The number of thiocarbonyl (C=S) groups is 1. The Hall–Kier alpha value is -1.60. The maximum Gasteiger partial charge on any atom is 0.416 e. The number of halogens is 4. The van der Waals surface area contributed by atoms with Crippen LogP contribution >= 0.6 is 23.8 Å². The molecule has 2 aliphatic rings. The molecular formula is C15H13ClF3N3S. The third kappa shape index (κ3) is 3.50. The van der Waals surface area contributed by atoms with Gasteiger partial charge in [0.2, 0.25) is 0 Å². The highest BCUT2D eigenvalue weighted by Crippen LogP contribution is 2.40. The van der Waals surface area contributed by atoms with Crippen molar-refractivity contribution in [3.8, 4) is 0 Å². The lowest BCUT2D eigenvalue weighted by Gasteiger charge is -2.31. The minimum absolute atomic E-state index is 0.0909. The molecule has 1 saturated carbocycles. The van der Waals surface area contributed by atoms with Gasteiger partial charge in [0.05, 0.1) is 16.3 Å². The number of nitrogens with one attached hydrogen (secondary N) is 2. The Morgan fingerprint density at radius 2 is 2.13 bits per heavy atom. The van der Waals surface area contributed by atoms with Crippen LogP contribution in [0.25, 0.3) is 0 Å². The number of hydrazone groups is 1. The van der Waals surface area contributed by atoms with E-state index < -0.39 is 11.7 Å². The lowest BCUT2D eigenvalue weighted by Crippen LogP contribution is -2.36. The van der Waals surface area contributed by atoms with Crippen LogP contribution in [0.15, 0.2) is 35.5 Å². The summed E-state index contributed by atoms with van der Waals surface area (Å²) < 4.78 is 38.2. The fourth-order valence-corrected chi connectivity index (χ4v) is 3.05. The molecule has 3 rings (SSSR count). The number of hydrogen-bond donors (Lipinski definition) is 2. The Bertz CT molecular complexity index is 700. The van der Waals surface area contributed by atoms with Crippen molar-refractivity contribution in [1.29, 1.82) is 0 Å². The molecule has 0 bridgehead atoms. The molecule has 1 aromatic rings. The summed E-state index contributed by atoms with van der Waals surface area (Å²) in [6.07, 6.45) is 1.75. The molecule has 0 heterocycles. The second kappa shape index (κ2) is 6.13. The average molecular weight is 360 g/mol. The lowest BCUT2D eigenvalue weighted by molar-refractivity contribution is -0.137. The average Bonchev–Trinajstić information content (AvgIpc) is 2.82. The molecule has 1 aromatic carbocycles. The number of hydrogen-bond acceptors (Lipinski definition) is 2. The Morgan fingerprint density at radius 3 is 2.83 bits per heavy atom. The van der Waals surface area contributed by atoms with Crippen molar-refractivity contribution >= 4 is 40.3 Å². The van der Waals surface area contributed by atoms with Gasteiger partial charge in [-0.1, -0.05) is 23.8 Å². The molecule has 0 spiro atoms. The summed E-state index contributed by atoms with van der Waals surface area (Å²) in [7, 11) is 0. The van der Waals surface area contributed by atoms with Crippen LogP contribution in [0, 0.1) is 11.8 Å². The summed E-state index contributed by atoms with van der Waals surface area (Å²) in [6, 6.07) is 3.03. The molecule has 3 nitrogen and oxygen atoms in total. The standard InChI is InChI=1S/C15H13ClF3N3S/c16-11-5-4-9(15(17,18)19)7-13(11)20-14(23)22-21-12-6-8-2-1-3-10(8)12/h1-2,4-5,7-8,10H,3,6H2,(H2,20,22,23)/b21-12-/t8-,10+/m0/s1. The highest BCUT2D eigenvalue weighted by Gasteiger charge is 2.38. The first-order valence-corrected chi connectivity index (χ1v) is 7.80. The van der Waals surface area contributed by atoms with Gasteiger partial charge in [-0.25, -0.2) is 0 Å². The Kier molecular flexibility index (Phi) is 4.33. The second-order valence-corrected chi connectivity index (χ2v) is 6.32. The van der Waals surface area contributed by atoms with Gasteiger partial charge in [-0.2, -0.15) is 18.3 Å². The van der Waals surface area contributed by atoms with E-state index in [2.05, 4.69) is 28.0 Å². The number of allylic oxidation sites excluding steroid dienone is 2. The van der Waals surface area contributed by atoms with Crippen LogP contribution < -0.4 is 10.7 Å². The molecule has 1 fully saturated rings. The number of anilines is 1. The molecule has 0 aliphatic heterocycles. The largest absolute Gasteiger partial charge is 0.416 e. The van der Waals surface area contributed by atoms with Gasteiger partial charge in [0.1, 0.15) is 0 Å². The normalized spacial score (nSPS) is 24.3. The zero-order valence-electron chi connectivity index (χ0n) is 11.8. The summed E-state index contributed by atoms with van der Waals surface area (Å²) in [5.74, 6) is 0.998. The van der Waals surface area contributed by atoms with Crippen molar-refractivity contribution in [1.82, 2.24) is 5.43 Å². The highest BCUT2D eigenvalue weighted by atomic mass is 35.5. The minimum atomic E-state index is -4.44. The van der Waals surface area contributed by atoms with E-state index in [1.807, 2.05) is 0 Å². The van der Waals surface area contributed by atoms with Crippen molar-refractivity contribution in [3.63, 3.8) is 0 Å². The van der Waals surface area contributed by atoms with E-state index in [-0.39, 0.29) is 15.8 Å². The smallest absolute Gasteiger partial charge is 0.330 e. The molecule has 0 saturated heterocycles. The van der Waals surface area contributed by atoms with Gasteiger partial charge in [-0.3, -0.25) is 5.43 Å². The number of alkyl halides is 3. The molecule has 0 amide bonds. The number of benzene rings is 1. The van der Waals surface area contributed by atoms with Crippen molar-refractivity contribution < 1.29 is 13.2 Å². The van der Waals surface area contributed by atoms with Crippen LogP contribution in [0.1, 0.15) is 18.4 Å². The first-order valence-electron chi connectivity index (χ1n) is 7.01. The zero-order chi connectivity index (χ0) is 16.6. The topological polar surface area (TPSA) is 36.4 Å². The van der Waals surface area contributed by atoms with Gasteiger partial charge in [0.15, 0.2) is 5.11 Å². The molecular weight excluding hydrogens is 347 g/mol. The highest BCUT2D eigenvalue weighted by molar-refractivity contribution is 7.80. The van der Waals surface area contributed by atoms with Crippen molar-refractivity contribution in [2.24, 2.45) is 16.9 Å². The van der Waals surface area contributed by atoms with Gasteiger partial charge < -0.3 is 5.32 Å². The van der Waals surface area contributed by atoms with E-state index in [0.717, 1.165) is 30.7 Å². The second-order valence-electron chi connectivity index (χ2n) is 5.50. The quantitative estimate of drug-likeness (QED) is 0.460. The van der Waals surface area contributed by atoms with Crippen LogP contribution in [0.2, 0.25) is 5.02 Å². The first kappa shape index (κ1) is 16.3. The van der Waals surface area contributed by atoms with E-state index in [1.54, 1.807) is 0 Å². The molecule has 0 radical (unpaired) electrons. The molecule has 122 valence electrons. The van der Waals surface area contributed by atoms with Crippen LogP contribution in [0.4, 0.5) is 18.9 Å². The van der Waals surface area contributed by atoms with Crippen LogP contribution in [-0.4, -0.2) is 10.8 Å². The van der Waals surface area contributed by atoms with Crippen molar-refractivity contribution in [3.05, 3.63) is 40.9 Å². The minimum Gasteiger partial charge on any atom is -0.330 e. The van der Waals surface area contributed by atoms with E-state index in [1.165, 1.54) is 6.07 Å². The van der Waals surface area contributed by atoms with E-state index in [9.17, 15) is 13.2 Å². The predicted molar refractivity (Wildman–Crippen MR) is 88.6 cm³/mol. The van der Waals surface area contributed by atoms with E-state index in [0.29, 0.717) is 11.8 Å². The predicted octanol–water partition coefficient (Wildman–Crippen LogP) is 4.60. The maximum atomic E-state index is 12.7. The molecule has 2 aliphatic carbocycles. The molecule has 0 aromatic heterocycles.